The van der Waals surface area contributed by atoms with E-state index in [0.29, 0.717) is 38.7 Å². The molecule has 2 aromatic carbocycles. The van der Waals surface area contributed by atoms with Crippen LogP contribution in [0.25, 0.3) is 22.2 Å². The third kappa shape index (κ3) is 5.10. The number of nitrogens with zero attached hydrogens (tertiary/aromatic N) is 2. The highest BCUT2D eigenvalue weighted by Crippen LogP contribution is 2.37. The molecule has 0 bridgehead atoms. The van der Waals surface area contributed by atoms with E-state index >= 15 is 0 Å². The van der Waals surface area contributed by atoms with E-state index in [9.17, 15) is 9.90 Å². The van der Waals surface area contributed by atoms with Gasteiger partial charge >= 0.3 is 0 Å². The molecule has 3 heterocycles. The molecule has 1 aliphatic heterocycles. The second-order valence-electron chi connectivity index (χ2n) is 11.2. The van der Waals surface area contributed by atoms with Gasteiger partial charge in [-0.15, -0.1) is 0 Å². The maximum atomic E-state index is 13.6. The third-order valence-electron chi connectivity index (χ3n) is 7.61. The average Bonchev–Trinajstić information content (AvgIpc) is 2.88. The molecule has 1 aliphatic rings. The zero-order valence-corrected chi connectivity index (χ0v) is 23.3. The minimum atomic E-state index is -0.199. The summed E-state index contributed by atoms with van der Waals surface area (Å²) in [5.74, 6) is 0.858. The third-order valence-corrected chi connectivity index (χ3v) is 7.82. The van der Waals surface area contributed by atoms with Gasteiger partial charge in [0.2, 0.25) is 5.88 Å². The lowest BCUT2D eigenvalue weighted by Gasteiger charge is -2.37. The smallest absolute Gasteiger partial charge is 0.202 e. The molecule has 0 aliphatic carbocycles. The molecule has 2 N–H and O–H groups in total. The van der Waals surface area contributed by atoms with E-state index in [1.165, 1.54) is 0 Å². The van der Waals surface area contributed by atoms with Crippen LogP contribution in [0.3, 0.4) is 0 Å². The lowest BCUT2D eigenvalue weighted by molar-refractivity contribution is 0.274. The van der Waals surface area contributed by atoms with Crippen molar-refractivity contribution < 1.29 is 9.52 Å². The molecule has 5 rings (SSSR count). The van der Waals surface area contributed by atoms with E-state index in [-0.39, 0.29) is 17.2 Å². The lowest BCUT2D eigenvalue weighted by atomic mass is 9.82. The summed E-state index contributed by atoms with van der Waals surface area (Å²) in [7, 11) is 0. The zero-order chi connectivity index (χ0) is 27.2. The normalized spacial score (nSPS) is 16.0. The fraction of sp³-hybridized carbons (Fsp3) is 0.355. The number of aryl methyl sites for hydroxylation is 1. The summed E-state index contributed by atoms with van der Waals surface area (Å²) >= 11 is 6.25. The van der Waals surface area contributed by atoms with Crippen molar-refractivity contribution in [1.29, 1.82) is 0 Å². The van der Waals surface area contributed by atoms with Gasteiger partial charge in [0.1, 0.15) is 16.5 Å². The van der Waals surface area contributed by atoms with Gasteiger partial charge in [0.25, 0.3) is 0 Å². The van der Waals surface area contributed by atoms with Gasteiger partial charge in [0.05, 0.1) is 28.4 Å². The zero-order valence-electron chi connectivity index (χ0n) is 22.6. The number of pyridine rings is 1. The minimum Gasteiger partial charge on any atom is -0.508 e. The number of benzene rings is 2. The van der Waals surface area contributed by atoms with Gasteiger partial charge in [-0.2, -0.15) is 0 Å². The molecule has 0 radical (unpaired) electrons. The first-order chi connectivity index (χ1) is 18.0. The number of rotatable bonds is 5. The van der Waals surface area contributed by atoms with Crippen molar-refractivity contribution in [2.75, 3.05) is 23.3 Å². The number of halogens is 1. The van der Waals surface area contributed by atoms with Crippen molar-refractivity contribution in [1.82, 2.24) is 4.98 Å². The minimum absolute atomic E-state index is 0.0150. The van der Waals surface area contributed by atoms with E-state index in [2.05, 4.69) is 35.1 Å². The van der Waals surface area contributed by atoms with Crippen molar-refractivity contribution in [2.24, 2.45) is 5.41 Å². The molecule has 4 aromatic rings. The quantitative estimate of drug-likeness (QED) is 0.258. The van der Waals surface area contributed by atoms with Crippen LogP contribution >= 0.6 is 11.6 Å². The Labute approximate surface area is 228 Å². The number of anilines is 2. The SMILES string of the molecule is Cc1cc([C@@H](C)Nc2ccc(Cl)nc2-c2ccc(O)cc2)c2oc(N3CCC(C)(C)CC3)c(C)c(=O)c2c1. The van der Waals surface area contributed by atoms with E-state index in [4.69, 9.17) is 16.0 Å². The first-order valence-electron chi connectivity index (χ1n) is 13.1. The van der Waals surface area contributed by atoms with E-state index in [0.717, 1.165) is 48.3 Å². The van der Waals surface area contributed by atoms with Crippen LogP contribution in [0.5, 0.6) is 5.75 Å². The van der Waals surface area contributed by atoms with Crippen LogP contribution in [0.15, 0.2) is 57.7 Å². The van der Waals surface area contributed by atoms with Crippen LogP contribution in [0, 0.1) is 19.3 Å². The molecule has 38 heavy (non-hydrogen) atoms. The highest BCUT2D eigenvalue weighted by atomic mass is 35.5. The molecular formula is C31H34ClN3O3. The first-order valence-corrected chi connectivity index (χ1v) is 13.5. The number of hydrogen-bond donors (Lipinski definition) is 2. The summed E-state index contributed by atoms with van der Waals surface area (Å²) in [5, 5.41) is 14.3. The fourth-order valence-electron chi connectivity index (χ4n) is 5.20. The number of piperidine rings is 1. The molecule has 6 nitrogen and oxygen atoms in total. The molecule has 1 atom stereocenters. The number of aromatic hydroxyl groups is 1. The molecular weight excluding hydrogens is 498 g/mol. The van der Waals surface area contributed by atoms with E-state index in [1.807, 2.05) is 32.9 Å². The second kappa shape index (κ2) is 9.99. The second-order valence-corrected chi connectivity index (χ2v) is 11.6. The molecule has 0 saturated carbocycles. The fourth-order valence-corrected chi connectivity index (χ4v) is 5.34. The Morgan fingerprint density at radius 2 is 1.76 bits per heavy atom. The summed E-state index contributed by atoms with van der Waals surface area (Å²) in [6, 6.07) is 14.3. The molecule has 1 saturated heterocycles. The van der Waals surface area contributed by atoms with Crippen molar-refractivity contribution in [3.05, 3.63) is 80.6 Å². The Balaban J connectivity index is 1.57. The molecule has 1 fully saturated rings. The number of hydrogen-bond acceptors (Lipinski definition) is 6. The summed E-state index contributed by atoms with van der Waals surface area (Å²) in [5.41, 5.74) is 5.77. The van der Waals surface area contributed by atoms with Crippen LogP contribution in [0.1, 0.15) is 56.3 Å². The van der Waals surface area contributed by atoms with E-state index < -0.39 is 0 Å². The number of phenolic OH excluding ortho intramolecular Hbond substituents is 1. The maximum absolute atomic E-state index is 13.6. The van der Waals surface area contributed by atoms with Crippen molar-refractivity contribution in [2.45, 2.75) is 53.5 Å². The summed E-state index contributed by atoms with van der Waals surface area (Å²) in [6.07, 6.45) is 2.10. The first kappa shape index (κ1) is 26.1. The predicted molar refractivity (Wildman–Crippen MR) is 156 cm³/mol. The van der Waals surface area contributed by atoms with Crippen molar-refractivity contribution >= 4 is 34.1 Å². The molecule has 198 valence electrons. The van der Waals surface area contributed by atoms with Crippen LogP contribution in [0.2, 0.25) is 5.15 Å². The van der Waals surface area contributed by atoms with Crippen LogP contribution in [0.4, 0.5) is 11.6 Å². The van der Waals surface area contributed by atoms with Gasteiger partial charge in [0, 0.05) is 24.2 Å². The summed E-state index contributed by atoms with van der Waals surface area (Å²) in [4.78, 5) is 20.3. The number of aromatic nitrogens is 1. The number of phenols is 1. The van der Waals surface area contributed by atoms with Gasteiger partial charge in [-0.1, -0.05) is 31.5 Å². The Hall–Kier alpha value is -3.51. The standard InChI is InChI=1S/C31H34ClN3O3/c1-18-16-23(20(3)33-25-10-11-26(32)34-27(25)21-6-8-22(36)9-7-21)29-24(17-18)28(37)19(2)30(38-29)35-14-12-31(4,5)13-15-35/h6-11,16-17,20,33,36H,12-15H2,1-5H3/t20-/m1/s1. The van der Waals surface area contributed by atoms with Gasteiger partial charge in [-0.3, -0.25) is 4.79 Å². The molecule has 0 unspecified atom stereocenters. The molecule has 2 aromatic heterocycles. The Morgan fingerprint density at radius 1 is 1.08 bits per heavy atom. The van der Waals surface area contributed by atoms with Gasteiger partial charge in [-0.05, 0) is 87.1 Å². The lowest BCUT2D eigenvalue weighted by Crippen LogP contribution is -2.38. The van der Waals surface area contributed by atoms with E-state index in [1.54, 1.807) is 30.3 Å². The Kier molecular flexibility index (Phi) is 6.86. The Bertz CT molecular complexity index is 1550. The average molecular weight is 532 g/mol. The predicted octanol–water partition coefficient (Wildman–Crippen LogP) is 7.63. The monoisotopic (exact) mass is 531 g/mol. The van der Waals surface area contributed by atoms with Crippen LogP contribution < -0.4 is 15.6 Å². The Morgan fingerprint density at radius 3 is 2.45 bits per heavy atom. The van der Waals surface area contributed by atoms with Gasteiger partial charge in [0.15, 0.2) is 5.43 Å². The molecule has 7 heteroatoms. The largest absolute Gasteiger partial charge is 0.508 e. The maximum Gasteiger partial charge on any atom is 0.202 e. The summed E-state index contributed by atoms with van der Waals surface area (Å²) < 4.78 is 6.59. The van der Waals surface area contributed by atoms with Gasteiger partial charge < -0.3 is 19.7 Å². The summed E-state index contributed by atoms with van der Waals surface area (Å²) in [6.45, 7) is 12.2. The highest BCUT2D eigenvalue weighted by molar-refractivity contribution is 6.29. The highest BCUT2D eigenvalue weighted by Gasteiger charge is 2.29. The van der Waals surface area contributed by atoms with Crippen LogP contribution in [-0.2, 0) is 0 Å². The topological polar surface area (TPSA) is 78.6 Å². The van der Waals surface area contributed by atoms with Gasteiger partial charge in [-0.25, -0.2) is 4.98 Å². The number of fused-ring (bicyclic) bond motifs is 1. The number of nitrogens with one attached hydrogen (secondary N) is 1. The van der Waals surface area contributed by atoms with Crippen molar-refractivity contribution in [3.8, 4) is 17.0 Å². The van der Waals surface area contributed by atoms with Crippen molar-refractivity contribution in [3.63, 3.8) is 0 Å². The molecule has 0 amide bonds. The van der Waals surface area contributed by atoms with Crippen LogP contribution in [-0.4, -0.2) is 23.2 Å². The molecule has 0 spiro atoms.